The molecular formula is C17H26N2O4S. The second-order valence-electron chi connectivity index (χ2n) is 6.28. The fraction of sp³-hybridized carbons (Fsp3) is 0.588. The molecule has 0 saturated heterocycles. The van der Waals surface area contributed by atoms with Gasteiger partial charge in [0, 0.05) is 18.7 Å². The molecule has 134 valence electrons. The molecule has 1 aliphatic rings. The first-order valence-corrected chi connectivity index (χ1v) is 10.2. The van der Waals surface area contributed by atoms with E-state index in [0.29, 0.717) is 24.2 Å². The summed E-state index contributed by atoms with van der Waals surface area (Å²) < 4.78 is 24.8. The number of hydrogen-bond acceptors (Lipinski definition) is 4. The molecule has 1 heterocycles. The Morgan fingerprint density at radius 2 is 2.00 bits per heavy atom. The molecule has 7 heteroatoms. The zero-order valence-corrected chi connectivity index (χ0v) is 15.3. The fourth-order valence-electron chi connectivity index (χ4n) is 3.16. The van der Waals surface area contributed by atoms with Crippen molar-refractivity contribution in [3.63, 3.8) is 0 Å². The van der Waals surface area contributed by atoms with Gasteiger partial charge in [-0.2, -0.15) is 0 Å². The van der Waals surface area contributed by atoms with Crippen molar-refractivity contribution in [1.82, 2.24) is 5.32 Å². The van der Waals surface area contributed by atoms with Crippen LogP contribution >= 0.6 is 0 Å². The van der Waals surface area contributed by atoms with Crippen LogP contribution in [-0.2, 0) is 16.4 Å². The second-order valence-corrected chi connectivity index (χ2v) is 8.19. The molecule has 1 aromatic rings. The monoisotopic (exact) mass is 354 g/mol. The fourth-order valence-corrected chi connectivity index (χ4v) is 4.11. The van der Waals surface area contributed by atoms with E-state index < -0.39 is 16.1 Å². The number of fused-ring (bicyclic) bond motifs is 1. The summed E-state index contributed by atoms with van der Waals surface area (Å²) in [7, 11) is -3.29. The molecule has 0 aliphatic carbocycles. The first-order chi connectivity index (χ1) is 11.3. The van der Waals surface area contributed by atoms with Gasteiger partial charge in [0.05, 0.1) is 18.0 Å². The number of aliphatic hydroxyl groups excluding tert-OH is 1. The van der Waals surface area contributed by atoms with E-state index in [2.05, 4.69) is 5.32 Å². The van der Waals surface area contributed by atoms with Gasteiger partial charge in [-0.3, -0.25) is 9.10 Å². The summed E-state index contributed by atoms with van der Waals surface area (Å²) in [5.74, 6) is -0.0748. The van der Waals surface area contributed by atoms with Crippen LogP contribution in [0.2, 0.25) is 0 Å². The minimum absolute atomic E-state index is 0.175. The molecule has 0 radical (unpaired) electrons. The van der Waals surface area contributed by atoms with Crippen LogP contribution in [0.15, 0.2) is 18.2 Å². The van der Waals surface area contributed by atoms with E-state index in [4.69, 9.17) is 0 Å². The molecule has 0 fully saturated rings. The third kappa shape index (κ3) is 4.08. The van der Waals surface area contributed by atoms with Gasteiger partial charge in [0.15, 0.2) is 0 Å². The number of hydrogen-bond donors (Lipinski definition) is 2. The summed E-state index contributed by atoms with van der Waals surface area (Å²) in [5.41, 5.74) is 1.99. The van der Waals surface area contributed by atoms with Gasteiger partial charge in [0.25, 0.3) is 5.91 Å². The van der Waals surface area contributed by atoms with Crippen molar-refractivity contribution in [3.05, 3.63) is 29.3 Å². The smallest absolute Gasteiger partial charge is 0.251 e. The maximum atomic E-state index is 12.3. The number of carbonyl (C=O) groups excluding carboxylic acids is 1. The molecule has 0 saturated carbocycles. The van der Waals surface area contributed by atoms with Crippen LogP contribution in [0, 0.1) is 5.92 Å². The van der Waals surface area contributed by atoms with Gasteiger partial charge in [-0.1, -0.05) is 26.7 Å². The lowest BCUT2D eigenvalue weighted by Crippen LogP contribution is -2.36. The maximum Gasteiger partial charge on any atom is 0.251 e. The van der Waals surface area contributed by atoms with E-state index in [1.807, 2.05) is 13.8 Å². The van der Waals surface area contributed by atoms with E-state index in [0.717, 1.165) is 18.4 Å². The van der Waals surface area contributed by atoms with Gasteiger partial charge in [0.2, 0.25) is 10.0 Å². The third-order valence-electron chi connectivity index (χ3n) is 4.66. The average molecular weight is 354 g/mol. The zero-order valence-electron chi connectivity index (χ0n) is 14.4. The third-order valence-corrected chi connectivity index (χ3v) is 5.84. The number of carbonyl (C=O) groups is 1. The largest absolute Gasteiger partial charge is 0.391 e. The van der Waals surface area contributed by atoms with Crippen LogP contribution in [0.1, 0.15) is 42.6 Å². The first kappa shape index (κ1) is 18.7. The Hall–Kier alpha value is -1.60. The van der Waals surface area contributed by atoms with Crippen LogP contribution in [-0.4, -0.2) is 44.9 Å². The summed E-state index contributed by atoms with van der Waals surface area (Å²) in [4.78, 5) is 12.3. The molecular weight excluding hydrogens is 328 g/mol. The summed E-state index contributed by atoms with van der Waals surface area (Å²) in [6.45, 7) is 4.67. The van der Waals surface area contributed by atoms with Crippen molar-refractivity contribution >= 4 is 21.6 Å². The van der Waals surface area contributed by atoms with Crippen LogP contribution < -0.4 is 9.62 Å². The molecule has 1 aliphatic heterocycles. The number of aliphatic hydroxyl groups is 1. The Labute approximate surface area is 143 Å². The van der Waals surface area contributed by atoms with Crippen molar-refractivity contribution in [2.75, 3.05) is 23.7 Å². The minimum Gasteiger partial charge on any atom is -0.391 e. The molecule has 1 amide bonds. The van der Waals surface area contributed by atoms with Gasteiger partial charge in [-0.05, 0) is 36.1 Å². The lowest BCUT2D eigenvalue weighted by Gasteiger charge is -2.20. The molecule has 0 bridgehead atoms. The Morgan fingerprint density at radius 3 is 2.58 bits per heavy atom. The van der Waals surface area contributed by atoms with Crippen molar-refractivity contribution in [2.24, 2.45) is 5.92 Å². The highest BCUT2D eigenvalue weighted by atomic mass is 32.2. The second kappa shape index (κ2) is 7.53. The Morgan fingerprint density at radius 1 is 1.33 bits per heavy atom. The molecule has 0 spiro atoms. The Balaban J connectivity index is 2.05. The normalized spacial score (nSPS) is 15.5. The van der Waals surface area contributed by atoms with E-state index in [9.17, 15) is 18.3 Å². The summed E-state index contributed by atoms with van der Waals surface area (Å²) >= 11 is 0. The number of anilines is 1. The quantitative estimate of drug-likeness (QED) is 0.777. The van der Waals surface area contributed by atoms with Gasteiger partial charge < -0.3 is 10.4 Å². The average Bonchev–Trinajstić information content (AvgIpc) is 2.96. The number of nitrogens with zero attached hydrogens (tertiary/aromatic N) is 1. The Bertz CT molecular complexity index is 699. The number of sulfonamides is 1. The van der Waals surface area contributed by atoms with E-state index in [-0.39, 0.29) is 18.4 Å². The number of amides is 1. The molecule has 6 nitrogen and oxygen atoms in total. The predicted molar refractivity (Wildman–Crippen MR) is 94.7 cm³/mol. The van der Waals surface area contributed by atoms with Crippen LogP contribution in [0.5, 0.6) is 0 Å². The minimum atomic E-state index is -3.29. The summed E-state index contributed by atoms with van der Waals surface area (Å²) in [5, 5.41) is 12.9. The zero-order chi connectivity index (χ0) is 17.9. The van der Waals surface area contributed by atoms with Crippen molar-refractivity contribution in [2.45, 2.75) is 39.2 Å². The van der Waals surface area contributed by atoms with Gasteiger partial charge in [-0.15, -0.1) is 0 Å². The standard InChI is InChI=1S/C17H26N2O4S/c1-4-12(5-2)16(20)11-18-17(21)14-6-7-15-13(10-14)8-9-19(15)24(3,22)23/h6-7,10,12,16,20H,4-5,8-9,11H2,1-3H3,(H,18,21). The van der Waals surface area contributed by atoms with E-state index >= 15 is 0 Å². The molecule has 2 N–H and O–H groups in total. The van der Waals surface area contributed by atoms with Gasteiger partial charge >= 0.3 is 0 Å². The summed E-state index contributed by atoms with van der Waals surface area (Å²) in [6.07, 6.45) is 2.96. The van der Waals surface area contributed by atoms with Gasteiger partial charge in [-0.25, -0.2) is 8.42 Å². The molecule has 1 atom stereocenters. The Kier molecular flexibility index (Phi) is 5.87. The van der Waals surface area contributed by atoms with E-state index in [1.54, 1.807) is 18.2 Å². The van der Waals surface area contributed by atoms with Crippen LogP contribution in [0.4, 0.5) is 5.69 Å². The number of nitrogens with one attached hydrogen (secondary N) is 1. The van der Waals surface area contributed by atoms with Crippen molar-refractivity contribution < 1.29 is 18.3 Å². The lowest BCUT2D eigenvalue weighted by molar-refractivity contribution is 0.0816. The molecule has 0 aromatic heterocycles. The number of benzene rings is 1. The topological polar surface area (TPSA) is 86.7 Å². The molecule has 1 aromatic carbocycles. The van der Waals surface area contributed by atoms with Crippen LogP contribution in [0.25, 0.3) is 0 Å². The van der Waals surface area contributed by atoms with Crippen LogP contribution in [0.3, 0.4) is 0 Å². The number of rotatable bonds is 7. The SMILES string of the molecule is CCC(CC)C(O)CNC(=O)c1ccc2c(c1)CCN2S(C)(=O)=O. The van der Waals surface area contributed by atoms with Crippen molar-refractivity contribution in [1.29, 1.82) is 0 Å². The lowest BCUT2D eigenvalue weighted by atomic mass is 9.96. The van der Waals surface area contributed by atoms with Gasteiger partial charge in [0.1, 0.15) is 0 Å². The highest BCUT2D eigenvalue weighted by molar-refractivity contribution is 7.92. The molecule has 24 heavy (non-hydrogen) atoms. The molecule has 2 rings (SSSR count). The summed E-state index contributed by atoms with van der Waals surface area (Å²) in [6, 6.07) is 5.04. The highest BCUT2D eigenvalue weighted by Crippen LogP contribution is 2.30. The van der Waals surface area contributed by atoms with E-state index in [1.165, 1.54) is 10.6 Å². The predicted octanol–water partition coefficient (Wildman–Crippen LogP) is 1.54. The van der Waals surface area contributed by atoms with Crippen molar-refractivity contribution in [3.8, 4) is 0 Å². The maximum absolute atomic E-state index is 12.3. The highest BCUT2D eigenvalue weighted by Gasteiger charge is 2.27. The first-order valence-electron chi connectivity index (χ1n) is 8.34. The molecule has 1 unspecified atom stereocenters.